The minimum atomic E-state index is 0.581. The summed E-state index contributed by atoms with van der Waals surface area (Å²) in [6.45, 7) is 6.52. The molecule has 1 nitrogen and oxygen atoms in total. The molecular formula is C13H14BrNS. The lowest BCUT2D eigenvalue weighted by molar-refractivity contribution is 0.867. The van der Waals surface area contributed by atoms with E-state index in [2.05, 4.69) is 66.0 Å². The van der Waals surface area contributed by atoms with Crippen molar-refractivity contribution in [3.63, 3.8) is 0 Å². The van der Waals surface area contributed by atoms with Gasteiger partial charge in [0.25, 0.3) is 0 Å². The van der Waals surface area contributed by atoms with Crippen LogP contribution in [-0.2, 0) is 0 Å². The second-order valence-corrected chi connectivity index (χ2v) is 6.63. The van der Waals surface area contributed by atoms with E-state index in [-0.39, 0.29) is 0 Å². The summed E-state index contributed by atoms with van der Waals surface area (Å²) in [5.41, 5.74) is 3.66. The average Bonchev–Trinajstić information content (AvgIpc) is 2.58. The smallest absolute Gasteiger partial charge is 0.160 e. The van der Waals surface area contributed by atoms with Gasteiger partial charge < -0.3 is 0 Å². The van der Waals surface area contributed by atoms with Gasteiger partial charge in [-0.15, -0.1) is 11.3 Å². The molecule has 0 aliphatic rings. The summed E-state index contributed by atoms with van der Waals surface area (Å²) < 4.78 is 0.952. The van der Waals surface area contributed by atoms with Crippen molar-refractivity contribution >= 4 is 27.3 Å². The van der Waals surface area contributed by atoms with Crippen LogP contribution in [0, 0.1) is 6.92 Å². The molecule has 0 unspecified atom stereocenters. The molecule has 0 fully saturated rings. The number of halogens is 1. The molecule has 0 aliphatic carbocycles. The molecule has 0 amide bonds. The molecule has 1 aromatic carbocycles. The van der Waals surface area contributed by atoms with Crippen molar-refractivity contribution in [1.29, 1.82) is 0 Å². The highest BCUT2D eigenvalue weighted by Gasteiger charge is 2.08. The first-order valence-corrected chi connectivity index (χ1v) is 6.92. The number of benzene rings is 1. The van der Waals surface area contributed by atoms with E-state index in [1.165, 1.54) is 16.0 Å². The third-order valence-corrected chi connectivity index (χ3v) is 4.04. The molecule has 0 atom stereocenters. The zero-order valence-electron chi connectivity index (χ0n) is 9.62. The van der Waals surface area contributed by atoms with Gasteiger partial charge in [0.05, 0.1) is 5.69 Å². The molecule has 3 heteroatoms. The molecule has 1 aromatic heterocycles. The first kappa shape index (κ1) is 11.8. The summed E-state index contributed by atoms with van der Waals surface area (Å²) in [5.74, 6) is 0.581. The van der Waals surface area contributed by atoms with Crippen LogP contribution in [-0.4, -0.2) is 4.98 Å². The third kappa shape index (κ3) is 2.36. The summed E-state index contributed by atoms with van der Waals surface area (Å²) in [7, 11) is 0. The van der Waals surface area contributed by atoms with Crippen LogP contribution in [0.4, 0.5) is 0 Å². The molecule has 0 bridgehead atoms. The van der Waals surface area contributed by atoms with Crippen LogP contribution in [0.2, 0.25) is 0 Å². The Labute approximate surface area is 109 Å². The highest BCUT2D eigenvalue weighted by Crippen LogP contribution is 2.30. The van der Waals surface area contributed by atoms with E-state index in [1.807, 2.05) is 0 Å². The van der Waals surface area contributed by atoms with E-state index in [4.69, 9.17) is 0 Å². The summed E-state index contributed by atoms with van der Waals surface area (Å²) in [6, 6.07) is 8.69. The standard InChI is InChI=1S/C13H14BrNS/c1-8(2)10-4-6-11(7-5-10)12-9(3)16-13(14)15-12/h4-8H,1-3H3. The van der Waals surface area contributed by atoms with E-state index in [0.717, 1.165) is 9.61 Å². The predicted octanol–water partition coefficient (Wildman–Crippen LogP) is 5.00. The van der Waals surface area contributed by atoms with Crippen LogP contribution in [0.15, 0.2) is 28.2 Å². The largest absolute Gasteiger partial charge is 0.229 e. The van der Waals surface area contributed by atoms with Crippen LogP contribution < -0.4 is 0 Å². The van der Waals surface area contributed by atoms with E-state index in [0.29, 0.717) is 5.92 Å². The molecule has 0 spiro atoms. The molecule has 2 aromatic rings. The quantitative estimate of drug-likeness (QED) is 0.759. The maximum Gasteiger partial charge on any atom is 0.160 e. The lowest BCUT2D eigenvalue weighted by atomic mass is 10.0. The first-order chi connectivity index (χ1) is 7.58. The third-order valence-electron chi connectivity index (χ3n) is 2.62. The summed E-state index contributed by atoms with van der Waals surface area (Å²) >= 11 is 5.11. The van der Waals surface area contributed by atoms with Gasteiger partial charge in [-0.05, 0) is 34.3 Å². The van der Waals surface area contributed by atoms with Crippen molar-refractivity contribution < 1.29 is 0 Å². The van der Waals surface area contributed by atoms with Gasteiger partial charge in [0.1, 0.15) is 0 Å². The van der Waals surface area contributed by atoms with Crippen molar-refractivity contribution in [1.82, 2.24) is 4.98 Å². The van der Waals surface area contributed by atoms with Gasteiger partial charge in [-0.25, -0.2) is 4.98 Å². The molecule has 1 heterocycles. The van der Waals surface area contributed by atoms with Crippen LogP contribution in [0.25, 0.3) is 11.3 Å². The molecule has 0 radical (unpaired) electrons. The normalized spacial score (nSPS) is 11.1. The van der Waals surface area contributed by atoms with Crippen molar-refractivity contribution in [3.8, 4) is 11.3 Å². The second kappa shape index (κ2) is 4.68. The van der Waals surface area contributed by atoms with E-state index in [9.17, 15) is 0 Å². The Hall–Kier alpha value is -0.670. The molecule has 0 aliphatic heterocycles. The number of aromatic nitrogens is 1. The monoisotopic (exact) mass is 295 g/mol. The average molecular weight is 296 g/mol. The Morgan fingerprint density at radius 2 is 1.81 bits per heavy atom. The molecule has 2 rings (SSSR count). The van der Waals surface area contributed by atoms with E-state index < -0.39 is 0 Å². The van der Waals surface area contributed by atoms with Crippen LogP contribution in [0.1, 0.15) is 30.2 Å². The van der Waals surface area contributed by atoms with Gasteiger partial charge in [0.15, 0.2) is 3.92 Å². The fourth-order valence-electron chi connectivity index (χ4n) is 1.66. The molecule has 84 valence electrons. The van der Waals surface area contributed by atoms with Crippen molar-refractivity contribution in [2.45, 2.75) is 26.7 Å². The first-order valence-electron chi connectivity index (χ1n) is 5.31. The zero-order chi connectivity index (χ0) is 11.7. The predicted molar refractivity (Wildman–Crippen MR) is 74.1 cm³/mol. The number of rotatable bonds is 2. The summed E-state index contributed by atoms with van der Waals surface area (Å²) in [5, 5.41) is 0. The number of aryl methyl sites for hydroxylation is 1. The van der Waals surface area contributed by atoms with Crippen molar-refractivity contribution in [2.24, 2.45) is 0 Å². The fraction of sp³-hybridized carbons (Fsp3) is 0.308. The molecular weight excluding hydrogens is 282 g/mol. The Kier molecular flexibility index (Phi) is 3.45. The molecule has 0 saturated carbocycles. The number of hydrogen-bond acceptors (Lipinski definition) is 2. The maximum absolute atomic E-state index is 4.49. The Morgan fingerprint density at radius 3 is 2.25 bits per heavy atom. The van der Waals surface area contributed by atoms with Gasteiger partial charge >= 0.3 is 0 Å². The minimum Gasteiger partial charge on any atom is -0.229 e. The molecule has 16 heavy (non-hydrogen) atoms. The summed E-state index contributed by atoms with van der Waals surface area (Å²) in [4.78, 5) is 5.74. The Balaban J connectivity index is 2.38. The second-order valence-electron chi connectivity index (χ2n) is 4.15. The van der Waals surface area contributed by atoms with Crippen LogP contribution in [0.5, 0.6) is 0 Å². The van der Waals surface area contributed by atoms with Crippen molar-refractivity contribution in [3.05, 3.63) is 38.6 Å². The number of thiazole rings is 1. The maximum atomic E-state index is 4.49. The highest BCUT2D eigenvalue weighted by molar-refractivity contribution is 9.11. The molecule has 0 N–H and O–H groups in total. The van der Waals surface area contributed by atoms with Gasteiger partial charge in [-0.1, -0.05) is 38.1 Å². The fourth-order valence-corrected chi connectivity index (χ4v) is 3.21. The zero-order valence-corrected chi connectivity index (χ0v) is 12.0. The Morgan fingerprint density at radius 1 is 1.19 bits per heavy atom. The topological polar surface area (TPSA) is 12.9 Å². The molecule has 0 saturated heterocycles. The minimum absolute atomic E-state index is 0.581. The van der Waals surface area contributed by atoms with Crippen molar-refractivity contribution in [2.75, 3.05) is 0 Å². The van der Waals surface area contributed by atoms with Crippen LogP contribution in [0.3, 0.4) is 0 Å². The Bertz CT molecular complexity index is 485. The van der Waals surface area contributed by atoms with Gasteiger partial charge in [-0.2, -0.15) is 0 Å². The number of hydrogen-bond donors (Lipinski definition) is 0. The van der Waals surface area contributed by atoms with E-state index in [1.54, 1.807) is 11.3 Å². The summed E-state index contributed by atoms with van der Waals surface area (Å²) in [6.07, 6.45) is 0. The SMILES string of the molecule is Cc1sc(Br)nc1-c1ccc(C(C)C)cc1. The van der Waals surface area contributed by atoms with Gasteiger partial charge in [-0.3, -0.25) is 0 Å². The lowest BCUT2D eigenvalue weighted by Gasteiger charge is -2.05. The highest BCUT2D eigenvalue weighted by atomic mass is 79.9. The van der Waals surface area contributed by atoms with Crippen LogP contribution >= 0.6 is 27.3 Å². The number of nitrogens with zero attached hydrogens (tertiary/aromatic N) is 1. The van der Waals surface area contributed by atoms with E-state index >= 15 is 0 Å². The lowest BCUT2D eigenvalue weighted by Crippen LogP contribution is -1.87. The van der Waals surface area contributed by atoms with Gasteiger partial charge in [0.2, 0.25) is 0 Å². The van der Waals surface area contributed by atoms with Gasteiger partial charge in [0, 0.05) is 10.4 Å².